The van der Waals surface area contributed by atoms with Crippen LogP contribution in [0.5, 0.6) is 0 Å². The van der Waals surface area contributed by atoms with Gasteiger partial charge in [0, 0.05) is 13.1 Å². The highest BCUT2D eigenvalue weighted by molar-refractivity contribution is 4.94. The first kappa shape index (κ1) is 13.8. The van der Waals surface area contributed by atoms with Crippen LogP contribution in [0.1, 0.15) is 39.0 Å². The molecule has 2 rings (SSSR count). The Hall–Kier alpha value is -0.590. The van der Waals surface area contributed by atoms with Gasteiger partial charge in [-0.3, -0.25) is 0 Å². The van der Waals surface area contributed by atoms with E-state index in [1.165, 1.54) is 32.2 Å². The second-order valence-electron chi connectivity index (χ2n) is 6.29. The number of nitrogens with one attached hydrogen (secondary N) is 1. The predicted molar refractivity (Wildman–Crippen MR) is 74.1 cm³/mol. The van der Waals surface area contributed by atoms with Crippen molar-refractivity contribution in [3.05, 3.63) is 0 Å². The lowest BCUT2D eigenvalue weighted by atomic mass is 9.88. The molecule has 2 saturated carbocycles. The largest absolute Gasteiger partial charge is 0.303 e. The zero-order valence-electron chi connectivity index (χ0n) is 11.9. The maximum absolute atomic E-state index is 9.13. The van der Waals surface area contributed by atoms with Crippen molar-refractivity contribution >= 4 is 0 Å². The number of likely N-dealkylation sites (N-methyl/N-ethyl adjacent to an activating group) is 1. The molecule has 2 aliphatic rings. The average molecular weight is 249 g/mol. The summed E-state index contributed by atoms with van der Waals surface area (Å²) in [6.45, 7) is 5.14. The van der Waals surface area contributed by atoms with Crippen LogP contribution in [0, 0.1) is 29.1 Å². The smallest absolute Gasteiger partial charge is 0.108 e. The zero-order valence-corrected chi connectivity index (χ0v) is 11.9. The molecule has 2 aliphatic carbocycles. The molecule has 0 saturated heterocycles. The molecule has 0 aromatic carbocycles. The molecular weight excluding hydrogens is 222 g/mol. The molecule has 1 N–H and O–H groups in total. The number of hydrogen-bond donors (Lipinski definition) is 1. The predicted octanol–water partition coefficient (Wildman–Crippen LogP) is 2.25. The SMILES string of the molecule is CCCNC(C#N)CN(C)CC1CC2CCC1C2. The van der Waals surface area contributed by atoms with Gasteiger partial charge in [-0.1, -0.05) is 13.3 Å². The van der Waals surface area contributed by atoms with Crippen LogP contribution < -0.4 is 5.32 Å². The average Bonchev–Trinajstić information content (AvgIpc) is 2.96. The fourth-order valence-electron chi connectivity index (χ4n) is 3.86. The van der Waals surface area contributed by atoms with Crippen LogP contribution in [-0.2, 0) is 0 Å². The molecule has 0 aromatic rings. The van der Waals surface area contributed by atoms with Crippen molar-refractivity contribution in [3.8, 4) is 6.07 Å². The lowest BCUT2D eigenvalue weighted by Gasteiger charge is -2.28. The third-order valence-electron chi connectivity index (χ3n) is 4.72. The first-order valence-electron chi connectivity index (χ1n) is 7.54. The molecule has 0 aliphatic heterocycles. The van der Waals surface area contributed by atoms with E-state index in [2.05, 4.69) is 30.3 Å². The van der Waals surface area contributed by atoms with E-state index in [0.717, 1.165) is 37.3 Å². The number of hydrogen-bond acceptors (Lipinski definition) is 3. The Bertz CT molecular complexity index is 297. The van der Waals surface area contributed by atoms with Crippen LogP contribution in [0.4, 0.5) is 0 Å². The van der Waals surface area contributed by atoms with Gasteiger partial charge in [-0.05, 0) is 57.0 Å². The topological polar surface area (TPSA) is 39.1 Å². The van der Waals surface area contributed by atoms with Crippen molar-refractivity contribution in [2.45, 2.75) is 45.1 Å². The normalized spacial score (nSPS) is 31.8. The van der Waals surface area contributed by atoms with Gasteiger partial charge < -0.3 is 10.2 Å². The van der Waals surface area contributed by atoms with Crippen molar-refractivity contribution in [1.82, 2.24) is 10.2 Å². The van der Waals surface area contributed by atoms with Crippen LogP contribution in [-0.4, -0.2) is 37.6 Å². The molecule has 18 heavy (non-hydrogen) atoms. The summed E-state index contributed by atoms with van der Waals surface area (Å²) >= 11 is 0. The van der Waals surface area contributed by atoms with Gasteiger partial charge in [0.15, 0.2) is 0 Å². The highest BCUT2D eigenvalue weighted by Crippen LogP contribution is 2.48. The third kappa shape index (κ3) is 3.46. The maximum atomic E-state index is 9.13. The van der Waals surface area contributed by atoms with E-state index in [1.807, 2.05) is 0 Å². The summed E-state index contributed by atoms with van der Waals surface area (Å²) in [5.74, 6) is 2.92. The summed E-state index contributed by atoms with van der Waals surface area (Å²) in [7, 11) is 2.17. The molecule has 0 radical (unpaired) electrons. The second kappa shape index (κ2) is 6.54. The summed E-state index contributed by atoms with van der Waals surface area (Å²) in [5.41, 5.74) is 0. The number of nitrogens with zero attached hydrogens (tertiary/aromatic N) is 2. The minimum atomic E-state index is -0.00598. The van der Waals surface area contributed by atoms with Crippen molar-refractivity contribution < 1.29 is 0 Å². The second-order valence-corrected chi connectivity index (χ2v) is 6.29. The summed E-state index contributed by atoms with van der Waals surface area (Å²) in [4.78, 5) is 2.36. The highest BCUT2D eigenvalue weighted by atomic mass is 15.1. The zero-order chi connectivity index (χ0) is 13.0. The Kier molecular flexibility index (Phi) is 5.03. The maximum Gasteiger partial charge on any atom is 0.108 e. The van der Waals surface area contributed by atoms with Crippen LogP contribution >= 0.6 is 0 Å². The van der Waals surface area contributed by atoms with E-state index in [1.54, 1.807) is 0 Å². The fourth-order valence-corrected chi connectivity index (χ4v) is 3.86. The first-order chi connectivity index (χ1) is 8.72. The summed E-state index contributed by atoms with van der Waals surface area (Å²) < 4.78 is 0. The van der Waals surface area contributed by atoms with Gasteiger partial charge in [0.05, 0.1) is 6.07 Å². The van der Waals surface area contributed by atoms with Crippen LogP contribution in [0.25, 0.3) is 0 Å². The Morgan fingerprint density at radius 1 is 1.39 bits per heavy atom. The molecule has 3 nitrogen and oxygen atoms in total. The van der Waals surface area contributed by atoms with Gasteiger partial charge in [-0.15, -0.1) is 0 Å². The van der Waals surface area contributed by atoms with Crippen molar-refractivity contribution in [1.29, 1.82) is 5.26 Å². The quantitative estimate of drug-likeness (QED) is 0.752. The van der Waals surface area contributed by atoms with Gasteiger partial charge >= 0.3 is 0 Å². The first-order valence-corrected chi connectivity index (χ1v) is 7.54. The fraction of sp³-hybridized carbons (Fsp3) is 0.933. The van der Waals surface area contributed by atoms with E-state index in [-0.39, 0.29) is 6.04 Å². The van der Waals surface area contributed by atoms with Crippen molar-refractivity contribution in [3.63, 3.8) is 0 Å². The molecule has 0 heterocycles. The van der Waals surface area contributed by atoms with Gasteiger partial charge in [0.2, 0.25) is 0 Å². The summed E-state index contributed by atoms with van der Waals surface area (Å²) in [6.07, 6.45) is 6.94. The molecular formula is C15H27N3. The summed E-state index contributed by atoms with van der Waals surface area (Å²) in [5, 5.41) is 12.4. The van der Waals surface area contributed by atoms with Crippen LogP contribution in [0.15, 0.2) is 0 Å². The van der Waals surface area contributed by atoms with Gasteiger partial charge in [-0.2, -0.15) is 5.26 Å². The Morgan fingerprint density at radius 2 is 2.22 bits per heavy atom. The highest BCUT2D eigenvalue weighted by Gasteiger charge is 2.39. The molecule has 2 bridgehead atoms. The minimum absolute atomic E-state index is 0.00598. The van der Waals surface area contributed by atoms with E-state index in [4.69, 9.17) is 5.26 Å². The monoisotopic (exact) mass is 249 g/mol. The van der Waals surface area contributed by atoms with Crippen molar-refractivity contribution in [2.24, 2.45) is 17.8 Å². The summed E-state index contributed by atoms with van der Waals surface area (Å²) in [6, 6.07) is 2.37. The van der Waals surface area contributed by atoms with Crippen molar-refractivity contribution in [2.75, 3.05) is 26.7 Å². The van der Waals surface area contributed by atoms with Crippen LogP contribution in [0.3, 0.4) is 0 Å². The molecule has 102 valence electrons. The molecule has 4 unspecified atom stereocenters. The molecule has 3 heteroatoms. The lowest BCUT2D eigenvalue weighted by molar-refractivity contribution is 0.212. The third-order valence-corrected chi connectivity index (χ3v) is 4.72. The standard InChI is InChI=1S/C15H27N3/c1-3-6-17-15(9-16)11-18(2)10-14-8-12-4-5-13(14)7-12/h12-15,17H,3-8,10-11H2,1-2H3. The molecule has 0 spiro atoms. The Balaban J connectivity index is 1.71. The van der Waals surface area contributed by atoms with E-state index < -0.39 is 0 Å². The molecule has 4 atom stereocenters. The van der Waals surface area contributed by atoms with Crippen LogP contribution in [0.2, 0.25) is 0 Å². The van der Waals surface area contributed by atoms with E-state index in [9.17, 15) is 0 Å². The Labute approximate surface area is 112 Å². The molecule has 2 fully saturated rings. The van der Waals surface area contributed by atoms with Gasteiger partial charge in [-0.25, -0.2) is 0 Å². The van der Waals surface area contributed by atoms with E-state index >= 15 is 0 Å². The Morgan fingerprint density at radius 3 is 2.78 bits per heavy atom. The van der Waals surface area contributed by atoms with Gasteiger partial charge in [0.25, 0.3) is 0 Å². The minimum Gasteiger partial charge on any atom is -0.303 e. The van der Waals surface area contributed by atoms with E-state index in [0.29, 0.717) is 0 Å². The number of rotatable bonds is 7. The van der Waals surface area contributed by atoms with Gasteiger partial charge in [0.1, 0.15) is 6.04 Å². The molecule has 0 aromatic heterocycles. The molecule has 0 amide bonds. The number of fused-ring (bicyclic) bond motifs is 2. The lowest BCUT2D eigenvalue weighted by Crippen LogP contribution is -2.41. The number of nitriles is 1.